The molecule has 3 heterocycles. The molecule has 2 fully saturated rings. The van der Waals surface area contributed by atoms with Crippen molar-refractivity contribution in [3.05, 3.63) is 53.2 Å². The Morgan fingerprint density at radius 2 is 1.77 bits per heavy atom. The molecule has 3 amide bonds. The number of benzene rings is 1. The molecule has 1 aromatic heterocycles. The lowest BCUT2D eigenvalue weighted by Crippen LogP contribution is -2.68. The van der Waals surface area contributed by atoms with E-state index in [9.17, 15) is 14.4 Å². The summed E-state index contributed by atoms with van der Waals surface area (Å²) in [6, 6.07) is 5.58. The Labute approximate surface area is 204 Å². The van der Waals surface area contributed by atoms with Gasteiger partial charge >= 0.3 is 0 Å². The number of hydrogen-bond donors (Lipinski definition) is 1. The summed E-state index contributed by atoms with van der Waals surface area (Å²) in [6.07, 6.45) is 2.84. The van der Waals surface area contributed by atoms with E-state index < -0.39 is 18.1 Å². The van der Waals surface area contributed by atoms with E-state index in [1.807, 2.05) is 26.0 Å². The lowest BCUT2D eigenvalue weighted by molar-refractivity contribution is -0.162. The Morgan fingerprint density at radius 3 is 2.34 bits per heavy atom. The van der Waals surface area contributed by atoms with Gasteiger partial charge in [-0.25, -0.2) is 4.98 Å². The number of carbonyl (C=O) groups excluding carboxylic acids is 3. The van der Waals surface area contributed by atoms with Gasteiger partial charge in [0.1, 0.15) is 24.0 Å². The van der Waals surface area contributed by atoms with Crippen molar-refractivity contribution in [3.63, 3.8) is 0 Å². The number of aryl methyl sites for hydroxylation is 1. The van der Waals surface area contributed by atoms with Crippen LogP contribution in [0.3, 0.4) is 0 Å². The largest absolute Gasteiger partial charge is 0.449 e. The number of nitrogens with one attached hydrogen (secondary N) is 1. The van der Waals surface area contributed by atoms with E-state index in [-0.39, 0.29) is 29.6 Å². The van der Waals surface area contributed by atoms with Crippen molar-refractivity contribution in [1.29, 1.82) is 0 Å². The third-order valence-electron chi connectivity index (χ3n) is 7.32. The standard InChI is InChI=1S/C26H32N4O5/c1-15(2)22-24(31)28-21(19-12-17-6-4-5-7-18(17)13-19)25(32)30(22)23(20-14-35-16(3)27-20)26(33)29-8-10-34-11-9-29/h4-7,14-15,19,21-23H,8-13H2,1-3H3,(H,28,31)/t21-,22-,23-/m1/s1. The molecular weight excluding hydrogens is 448 g/mol. The average Bonchev–Trinajstić information content (AvgIpc) is 3.47. The Bertz CT molecular complexity index is 1100. The van der Waals surface area contributed by atoms with Crippen molar-refractivity contribution in [1.82, 2.24) is 20.1 Å². The van der Waals surface area contributed by atoms with E-state index in [1.165, 1.54) is 22.3 Å². The van der Waals surface area contributed by atoms with Crippen molar-refractivity contribution in [2.45, 2.75) is 51.7 Å². The molecule has 35 heavy (non-hydrogen) atoms. The molecule has 0 bridgehead atoms. The lowest BCUT2D eigenvalue weighted by atomic mass is 9.87. The van der Waals surface area contributed by atoms with Gasteiger partial charge in [0.05, 0.1) is 13.2 Å². The summed E-state index contributed by atoms with van der Waals surface area (Å²) in [5.74, 6) is -0.610. The van der Waals surface area contributed by atoms with E-state index in [4.69, 9.17) is 9.15 Å². The van der Waals surface area contributed by atoms with Crippen molar-refractivity contribution in [2.75, 3.05) is 26.3 Å². The molecule has 186 valence electrons. The Kier molecular flexibility index (Phi) is 6.35. The maximum absolute atomic E-state index is 14.2. The van der Waals surface area contributed by atoms with Gasteiger partial charge in [0.25, 0.3) is 5.91 Å². The summed E-state index contributed by atoms with van der Waals surface area (Å²) in [4.78, 5) is 49.2. The number of nitrogens with zero attached hydrogens (tertiary/aromatic N) is 3. The second-order valence-corrected chi connectivity index (χ2v) is 9.99. The Morgan fingerprint density at radius 1 is 1.11 bits per heavy atom. The third kappa shape index (κ3) is 4.33. The molecule has 2 saturated heterocycles. The second-order valence-electron chi connectivity index (χ2n) is 9.99. The number of hydrogen-bond acceptors (Lipinski definition) is 6. The molecule has 5 rings (SSSR count). The maximum Gasteiger partial charge on any atom is 0.251 e. The number of oxazole rings is 1. The first kappa shape index (κ1) is 23.5. The molecule has 3 aliphatic rings. The van der Waals surface area contributed by atoms with Gasteiger partial charge in [-0.2, -0.15) is 0 Å². The summed E-state index contributed by atoms with van der Waals surface area (Å²) in [7, 11) is 0. The monoisotopic (exact) mass is 480 g/mol. The molecular formula is C26H32N4O5. The van der Waals surface area contributed by atoms with Crippen LogP contribution in [0.25, 0.3) is 0 Å². The van der Waals surface area contributed by atoms with Gasteiger partial charge in [0.15, 0.2) is 11.9 Å². The predicted octanol–water partition coefficient (Wildman–Crippen LogP) is 1.65. The number of morpholine rings is 1. The SMILES string of the molecule is Cc1nc([C@H](C(=O)N2CCOCC2)N2C(=O)[C@@H](C3Cc4ccccc4C3)NC(=O)[C@H]2C(C)C)co1. The number of carbonyl (C=O) groups is 3. The highest BCUT2D eigenvalue weighted by Gasteiger charge is 2.51. The highest BCUT2D eigenvalue weighted by molar-refractivity contribution is 6.00. The minimum atomic E-state index is -1.04. The van der Waals surface area contributed by atoms with Crippen molar-refractivity contribution in [2.24, 2.45) is 11.8 Å². The molecule has 0 radical (unpaired) electrons. The first-order valence-corrected chi connectivity index (χ1v) is 12.3. The van der Waals surface area contributed by atoms with Crippen LogP contribution in [0.5, 0.6) is 0 Å². The molecule has 2 aliphatic heterocycles. The summed E-state index contributed by atoms with van der Waals surface area (Å²) in [6.45, 7) is 7.19. The first-order chi connectivity index (χ1) is 16.8. The zero-order valence-corrected chi connectivity index (χ0v) is 20.4. The van der Waals surface area contributed by atoms with Crippen LogP contribution in [0.2, 0.25) is 0 Å². The van der Waals surface area contributed by atoms with Gasteiger partial charge in [0, 0.05) is 20.0 Å². The number of aromatic nitrogens is 1. The van der Waals surface area contributed by atoms with E-state index in [0.717, 1.165) is 0 Å². The van der Waals surface area contributed by atoms with Crippen LogP contribution >= 0.6 is 0 Å². The quantitative estimate of drug-likeness (QED) is 0.698. The van der Waals surface area contributed by atoms with Crippen LogP contribution in [0.15, 0.2) is 34.9 Å². The van der Waals surface area contributed by atoms with Gasteiger partial charge in [-0.05, 0) is 35.8 Å². The molecule has 9 heteroatoms. The smallest absolute Gasteiger partial charge is 0.251 e. The van der Waals surface area contributed by atoms with Crippen LogP contribution in [0.4, 0.5) is 0 Å². The molecule has 0 spiro atoms. The van der Waals surface area contributed by atoms with Crippen molar-refractivity contribution < 1.29 is 23.5 Å². The molecule has 1 N–H and O–H groups in total. The van der Waals surface area contributed by atoms with Crippen molar-refractivity contribution in [3.8, 4) is 0 Å². The molecule has 3 atom stereocenters. The van der Waals surface area contributed by atoms with E-state index in [1.54, 1.807) is 11.8 Å². The molecule has 1 aromatic carbocycles. The normalized spacial score (nSPS) is 24.0. The zero-order chi connectivity index (χ0) is 24.7. The number of ether oxygens (including phenoxy) is 1. The first-order valence-electron chi connectivity index (χ1n) is 12.3. The van der Waals surface area contributed by atoms with Crippen LogP contribution < -0.4 is 5.32 Å². The molecule has 0 unspecified atom stereocenters. The summed E-state index contributed by atoms with van der Waals surface area (Å²) in [5, 5.41) is 3.02. The highest BCUT2D eigenvalue weighted by atomic mass is 16.5. The fourth-order valence-corrected chi connectivity index (χ4v) is 5.63. The minimum Gasteiger partial charge on any atom is -0.449 e. The number of piperazine rings is 1. The van der Waals surface area contributed by atoms with Gasteiger partial charge in [-0.1, -0.05) is 38.1 Å². The topological polar surface area (TPSA) is 105 Å². The zero-order valence-electron chi connectivity index (χ0n) is 20.4. The minimum absolute atomic E-state index is 0.0716. The summed E-state index contributed by atoms with van der Waals surface area (Å²) >= 11 is 0. The number of fused-ring (bicyclic) bond motifs is 1. The molecule has 9 nitrogen and oxygen atoms in total. The van der Waals surface area contributed by atoms with Crippen LogP contribution in [0.1, 0.15) is 42.6 Å². The summed E-state index contributed by atoms with van der Waals surface area (Å²) < 4.78 is 10.9. The van der Waals surface area contributed by atoms with E-state index in [0.29, 0.717) is 50.7 Å². The maximum atomic E-state index is 14.2. The van der Waals surface area contributed by atoms with Crippen LogP contribution in [-0.2, 0) is 32.0 Å². The third-order valence-corrected chi connectivity index (χ3v) is 7.32. The second kappa shape index (κ2) is 9.45. The number of rotatable bonds is 5. The van der Waals surface area contributed by atoms with Crippen LogP contribution in [0, 0.1) is 18.8 Å². The fraction of sp³-hybridized carbons (Fsp3) is 0.538. The highest BCUT2D eigenvalue weighted by Crippen LogP contribution is 2.36. The fourth-order valence-electron chi connectivity index (χ4n) is 5.63. The van der Waals surface area contributed by atoms with E-state index in [2.05, 4.69) is 22.4 Å². The molecule has 2 aromatic rings. The lowest BCUT2D eigenvalue weighted by Gasteiger charge is -2.46. The Hall–Kier alpha value is -3.20. The van der Waals surface area contributed by atoms with Crippen LogP contribution in [-0.4, -0.2) is 70.9 Å². The Balaban J connectivity index is 1.53. The van der Waals surface area contributed by atoms with E-state index >= 15 is 0 Å². The van der Waals surface area contributed by atoms with Gasteiger partial charge in [0.2, 0.25) is 11.8 Å². The van der Waals surface area contributed by atoms with Crippen molar-refractivity contribution >= 4 is 17.7 Å². The molecule has 0 saturated carbocycles. The van der Waals surface area contributed by atoms with Gasteiger partial charge < -0.3 is 24.3 Å². The predicted molar refractivity (Wildman–Crippen MR) is 126 cm³/mol. The molecule has 1 aliphatic carbocycles. The van der Waals surface area contributed by atoms with Gasteiger partial charge in [-0.15, -0.1) is 0 Å². The average molecular weight is 481 g/mol. The van der Waals surface area contributed by atoms with Gasteiger partial charge in [-0.3, -0.25) is 14.4 Å². The number of amides is 3. The summed E-state index contributed by atoms with van der Waals surface area (Å²) in [5.41, 5.74) is 2.75.